The van der Waals surface area contributed by atoms with Crippen molar-refractivity contribution in [2.75, 3.05) is 18.4 Å². The molecule has 1 amide bonds. The van der Waals surface area contributed by atoms with E-state index in [9.17, 15) is 18.0 Å². The van der Waals surface area contributed by atoms with Gasteiger partial charge in [0.1, 0.15) is 4.90 Å². The van der Waals surface area contributed by atoms with Crippen LogP contribution < -0.4 is 5.32 Å². The van der Waals surface area contributed by atoms with Gasteiger partial charge in [0.25, 0.3) is 0 Å². The number of halogens is 2. The number of rotatable bonds is 5. The van der Waals surface area contributed by atoms with Crippen LogP contribution in [0.4, 0.5) is 5.69 Å². The van der Waals surface area contributed by atoms with Crippen molar-refractivity contribution >= 4 is 50.6 Å². The number of carbonyl (C=O) groups excluding carboxylic acids is 2. The van der Waals surface area contributed by atoms with Crippen LogP contribution >= 0.6 is 23.2 Å². The summed E-state index contributed by atoms with van der Waals surface area (Å²) < 4.78 is 27.3. The lowest BCUT2D eigenvalue weighted by Crippen LogP contribution is -2.43. The topological polar surface area (TPSA) is 83.6 Å². The number of piperidine rings is 1. The number of sulfonamides is 1. The number of nitrogens with one attached hydrogen (secondary N) is 1. The molecule has 0 bridgehead atoms. The monoisotopic (exact) mass is 454 g/mol. The number of amides is 1. The molecule has 1 heterocycles. The highest BCUT2D eigenvalue weighted by Gasteiger charge is 2.34. The Morgan fingerprint density at radius 2 is 1.90 bits per heavy atom. The van der Waals surface area contributed by atoms with E-state index in [1.54, 1.807) is 24.3 Å². The molecule has 154 valence electrons. The highest BCUT2D eigenvalue weighted by molar-refractivity contribution is 7.89. The maximum Gasteiger partial charge on any atom is 0.244 e. The Morgan fingerprint density at radius 3 is 2.62 bits per heavy atom. The minimum absolute atomic E-state index is 0.0450. The van der Waals surface area contributed by atoms with Gasteiger partial charge in [0, 0.05) is 29.4 Å². The lowest BCUT2D eigenvalue weighted by Gasteiger charge is -2.31. The highest BCUT2D eigenvalue weighted by Crippen LogP contribution is 2.30. The Morgan fingerprint density at radius 1 is 1.14 bits per heavy atom. The summed E-state index contributed by atoms with van der Waals surface area (Å²) in [5.41, 5.74) is 0.992. The van der Waals surface area contributed by atoms with Gasteiger partial charge in [-0.3, -0.25) is 9.59 Å². The summed E-state index contributed by atoms with van der Waals surface area (Å²) in [5, 5.41) is 3.13. The first-order valence-corrected chi connectivity index (χ1v) is 11.2. The Labute approximate surface area is 179 Å². The molecule has 1 aliphatic rings. The molecule has 0 radical (unpaired) electrons. The van der Waals surface area contributed by atoms with E-state index in [1.165, 1.54) is 29.4 Å². The minimum atomic E-state index is -3.88. The third kappa shape index (κ3) is 4.98. The van der Waals surface area contributed by atoms with Crippen molar-refractivity contribution in [1.82, 2.24) is 4.31 Å². The second-order valence-electron chi connectivity index (χ2n) is 6.90. The molecule has 1 saturated heterocycles. The van der Waals surface area contributed by atoms with Gasteiger partial charge in [-0.05, 0) is 50.1 Å². The molecule has 2 aromatic carbocycles. The summed E-state index contributed by atoms with van der Waals surface area (Å²) >= 11 is 12.0. The fourth-order valence-electron chi connectivity index (χ4n) is 3.25. The molecule has 1 N–H and O–H groups in total. The summed E-state index contributed by atoms with van der Waals surface area (Å²) in [7, 11) is -3.88. The van der Waals surface area contributed by atoms with E-state index in [0.29, 0.717) is 30.6 Å². The molecule has 0 saturated carbocycles. The lowest BCUT2D eigenvalue weighted by atomic mass is 9.98. The standard InChI is InChI=1S/C20H20Cl2N2O4S/c1-13(25)14-4-2-6-17(10-14)23-20(26)15-5-3-9-24(12-15)29(27,28)19-11-16(21)7-8-18(19)22/h2,4,6-8,10-11,15H,3,5,9,12H2,1H3,(H,23,26). The number of hydrogen-bond donors (Lipinski definition) is 1. The summed E-state index contributed by atoms with van der Waals surface area (Å²) in [4.78, 5) is 24.2. The average molecular weight is 455 g/mol. The number of nitrogens with zero attached hydrogens (tertiary/aromatic N) is 1. The Kier molecular flexibility index (Phi) is 6.63. The number of ketones is 1. The minimum Gasteiger partial charge on any atom is -0.326 e. The van der Waals surface area contributed by atoms with Gasteiger partial charge in [-0.25, -0.2) is 8.42 Å². The van der Waals surface area contributed by atoms with Gasteiger partial charge in [-0.15, -0.1) is 0 Å². The predicted octanol–water partition coefficient (Wildman–Crippen LogP) is 4.24. The van der Waals surface area contributed by atoms with Crippen LogP contribution in [0.15, 0.2) is 47.4 Å². The zero-order chi connectivity index (χ0) is 21.2. The van der Waals surface area contributed by atoms with Gasteiger partial charge in [0.05, 0.1) is 10.9 Å². The van der Waals surface area contributed by atoms with Crippen LogP contribution in [0, 0.1) is 5.92 Å². The van der Waals surface area contributed by atoms with Crippen LogP contribution in [0.5, 0.6) is 0 Å². The zero-order valence-electron chi connectivity index (χ0n) is 15.7. The third-order valence-corrected chi connectivity index (χ3v) is 7.38. The van der Waals surface area contributed by atoms with Crippen molar-refractivity contribution in [3.8, 4) is 0 Å². The van der Waals surface area contributed by atoms with Gasteiger partial charge in [0.15, 0.2) is 5.78 Å². The Balaban J connectivity index is 1.76. The van der Waals surface area contributed by atoms with Crippen LogP contribution in [0.2, 0.25) is 10.0 Å². The van der Waals surface area contributed by atoms with Gasteiger partial charge in [0.2, 0.25) is 15.9 Å². The maximum atomic E-state index is 13.0. The van der Waals surface area contributed by atoms with E-state index in [4.69, 9.17) is 23.2 Å². The molecule has 3 rings (SSSR count). The van der Waals surface area contributed by atoms with E-state index in [2.05, 4.69) is 5.32 Å². The van der Waals surface area contributed by atoms with E-state index >= 15 is 0 Å². The van der Waals surface area contributed by atoms with Gasteiger partial charge in [-0.1, -0.05) is 35.3 Å². The first-order chi connectivity index (χ1) is 13.7. The van der Waals surface area contributed by atoms with Gasteiger partial charge in [-0.2, -0.15) is 4.31 Å². The Hall–Kier alpha value is -1.93. The molecular weight excluding hydrogens is 435 g/mol. The molecule has 1 atom stereocenters. The number of carbonyl (C=O) groups is 2. The summed E-state index contributed by atoms with van der Waals surface area (Å²) in [6.07, 6.45) is 1.11. The average Bonchev–Trinajstić information content (AvgIpc) is 2.70. The fourth-order valence-corrected chi connectivity index (χ4v) is 5.51. The lowest BCUT2D eigenvalue weighted by molar-refractivity contribution is -0.120. The molecule has 1 fully saturated rings. The molecule has 0 spiro atoms. The molecule has 2 aromatic rings. The third-order valence-electron chi connectivity index (χ3n) is 4.80. The van der Waals surface area contributed by atoms with Crippen molar-refractivity contribution in [3.63, 3.8) is 0 Å². The Bertz CT molecular complexity index is 1060. The number of benzene rings is 2. The normalized spacial score (nSPS) is 17.7. The quantitative estimate of drug-likeness (QED) is 0.684. The van der Waals surface area contributed by atoms with E-state index < -0.39 is 15.9 Å². The van der Waals surface area contributed by atoms with Gasteiger partial charge >= 0.3 is 0 Å². The summed E-state index contributed by atoms with van der Waals surface area (Å²) in [6, 6.07) is 10.9. The molecule has 0 aromatic heterocycles. The smallest absolute Gasteiger partial charge is 0.244 e. The predicted molar refractivity (Wildman–Crippen MR) is 113 cm³/mol. The summed E-state index contributed by atoms with van der Waals surface area (Å²) in [6.45, 7) is 1.80. The number of anilines is 1. The summed E-state index contributed by atoms with van der Waals surface area (Å²) in [5.74, 6) is -0.908. The molecule has 29 heavy (non-hydrogen) atoms. The molecular formula is C20H20Cl2N2O4S. The second kappa shape index (κ2) is 8.83. The van der Waals surface area contributed by atoms with Crippen molar-refractivity contribution in [3.05, 3.63) is 58.1 Å². The molecule has 9 heteroatoms. The van der Waals surface area contributed by atoms with Crippen LogP contribution in [0.1, 0.15) is 30.1 Å². The van der Waals surface area contributed by atoms with Crippen molar-refractivity contribution in [2.45, 2.75) is 24.7 Å². The zero-order valence-corrected chi connectivity index (χ0v) is 18.0. The second-order valence-corrected chi connectivity index (χ2v) is 9.65. The first-order valence-electron chi connectivity index (χ1n) is 9.05. The largest absolute Gasteiger partial charge is 0.326 e. The molecule has 1 unspecified atom stereocenters. The number of Topliss-reactive ketones (excluding diaryl/α,β-unsaturated/α-hetero) is 1. The van der Waals surface area contributed by atoms with Crippen LogP contribution in [-0.2, 0) is 14.8 Å². The molecule has 1 aliphatic heterocycles. The highest BCUT2D eigenvalue weighted by atomic mass is 35.5. The van der Waals surface area contributed by atoms with Crippen LogP contribution in [-0.4, -0.2) is 37.5 Å². The van der Waals surface area contributed by atoms with Crippen LogP contribution in [0.3, 0.4) is 0 Å². The van der Waals surface area contributed by atoms with Crippen molar-refractivity contribution in [1.29, 1.82) is 0 Å². The molecule has 0 aliphatic carbocycles. The SMILES string of the molecule is CC(=O)c1cccc(NC(=O)C2CCCN(S(=O)(=O)c3cc(Cl)ccc3Cl)C2)c1. The van der Waals surface area contributed by atoms with E-state index in [1.807, 2.05) is 0 Å². The number of hydrogen-bond acceptors (Lipinski definition) is 4. The van der Waals surface area contributed by atoms with Crippen LogP contribution in [0.25, 0.3) is 0 Å². The van der Waals surface area contributed by atoms with Gasteiger partial charge < -0.3 is 5.32 Å². The maximum absolute atomic E-state index is 13.0. The molecule has 6 nitrogen and oxygen atoms in total. The van der Waals surface area contributed by atoms with E-state index in [0.717, 1.165) is 0 Å². The van der Waals surface area contributed by atoms with E-state index in [-0.39, 0.29) is 33.2 Å². The fraction of sp³-hybridized carbons (Fsp3) is 0.300. The first kappa shape index (κ1) is 21.8. The van der Waals surface area contributed by atoms with Crippen molar-refractivity contribution in [2.24, 2.45) is 5.92 Å². The van der Waals surface area contributed by atoms with Crippen molar-refractivity contribution < 1.29 is 18.0 Å².